The normalized spacial score (nSPS) is 15.7. The quantitative estimate of drug-likeness (QED) is 0.0168. The number of aliphatic hydroxyl groups is 2. The van der Waals surface area contributed by atoms with Crippen molar-refractivity contribution in [3.63, 3.8) is 0 Å². The van der Waals surface area contributed by atoms with Crippen LogP contribution in [0.25, 0.3) is 0 Å². The molecule has 0 saturated carbocycles. The lowest BCUT2D eigenvalue weighted by molar-refractivity contribution is -0.870. The number of hydrogen-bond acceptors (Lipinski definition) is 6. The number of phosphoric acid groups is 1. The number of hydrogen-bond donors (Lipinski definition) is 4. The molecule has 4 atom stereocenters. The van der Waals surface area contributed by atoms with Crippen molar-refractivity contribution in [1.82, 2.24) is 5.32 Å². The predicted molar refractivity (Wildman–Crippen MR) is 213 cm³/mol. The van der Waals surface area contributed by atoms with E-state index in [1.807, 2.05) is 45.4 Å². The Balaban J connectivity index is 4.71. The molecule has 2 unspecified atom stereocenters. The Bertz CT molecular complexity index is 993. The summed E-state index contributed by atoms with van der Waals surface area (Å²) in [6, 6.07) is -0.936. The van der Waals surface area contributed by atoms with Crippen molar-refractivity contribution in [3.05, 3.63) is 48.6 Å². The zero-order chi connectivity index (χ0) is 38.1. The predicted octanol–water partition coefficient (Wildman–Crippen LogP) is 9.49. The molecular weight excluding hydrogens is 663 g/mol. The third-order valence-electron chi connectivity index (χ3n) is 8.65. The lowest BCUT2D eigenvalue weighted by Crippen LogP contribution is -2.45. The highest BCUT2D eigenvalue weighted by Crippen LogP contribution is 2.43. The van der Waals surface area contributed by atoms with Crippen LogP contribution >= 0.6 is 7.82 Å². The summed E-state index contributed by atoms with van der Waals surface area (Å²) in [5.74, 6) is -0.336. The van der Waals surface area contributed by atoms with E-state index in [2.05, 4.69) is 31.3 Å². The van der Waals surface area contributed by atoms with E-state index in [9.17, 15) is 24.5 Å². The lowest BCUT2D eigenvalue weighted by Gasteiger charge is -2.25. The molecule has 298 valence electrons. The second-order valence-corrected chi connectivity index (χ2v) is 16.3. The maximum atomic E-state index is 12.8. The largest absolute Gasteiger partial charge is 0.472 e. The minimum absolute atomic E-state index is 0.0262. The molecule has 0 aromatic rings. The summed E-state index contributed by atoms with van der Waals surface area (Å²) >= 11 is 0. The van der Waals surface area contributed by atoms with Crippen LogP contribution in [-0.4, -0.2) is 84.6 Å². The molecule has 0 radical (unpaired) electrons. The number of rotatable bonds is 35. The molecule has 10 heteroatoms. The highest BCUT2D eigenvalue weighted by atomic mass is 31.2. The van der Waals surface area contributed by atoms with Gasteiger partial charge in [0.15, 0.2) is 0 Å². The van der Waals surface area contributed by atoms with Gasteiger partial charge in [0, 0.05) is 6.42 Å². The lowest BCUT2D eigenvalue weighted by atomic mass is 10.1. The molecule has 0 aliphatic carbocycles. The summed E-state index contributed by atoms with van der Waals surface area (Å²) in [5.41, 5.74) is 0. The van der Waals surface area contributed by atoms with Crippen LogP contribution in [0.5, 0.6) is 0 Å². The number of nitrogens with zero attached hydrogens (tertiary/aromatic N) is 1. The van der Waals surface area contributed by atoms with E-state index in [-0.39, 0.29) is 25.5 Å². The van der Waals surface area contributed by atoms with Gasteiger partial charge in [-0.3, -0.25) is 13.8 Å². The molecule has 1 amide bonds. The highest BCUT2D eigenvalue weighted by Gasteiger charge is 2.27. The number of unbranched alkanes of at least 4 members (excludes halogenated alkanes) is 15. The molecule has 0 heterocycles. The topological polar surface area (TPSA) is 125 Å². The molecule has 0 bridgehead atoms. The summed E-state index contributed by atoms with van der Waals surface area (Å²) < 4.78 is 23.4. The van der Waals surface area contributed by atoms with Gasteiger partial charge in [0.1, 0.15) is 13.2 Å². The van der Waals surface area contributed by atoms with E-state index in [1.54, 1.807) is 12.2 Å². The van der Waals surface area contributed by atoms with Crippen molar-refractivity contribution in [2.24, 2.45) is 0 Å². The van der Waals surface area contributed by atoms with Crippen LogP contribution in [-0.2, 0) is 18.4 Å². The summed E-state index contributed by atoms with van der Waals surface area (Å²) in [5, 5.41) is 24.0. The van der Waals surface area contributed by atoms with Crippen LogP contribution in [0.3, 0.4) is 0 Å². The van der Waals surface area contributed by atoms with Crippen molar-refractivity contribution in [1.29, 1.82) is 0 Å². The maximum Gasteiger partial charge on any atom is 0.472 e. The van der Waals surface area contributed by atoms with Crippen LogP contribution in [0.4, 0.5) is 0 Å². The van der Waals surface area contributed by atoms with Gasteiger partial charge < -0.3 is 24.9 Å². The average molecular weight is 742 g/mol. The number of carbonyl (C=O) groups is 1. The van der Waals surface area contributed by atoms with Crippen molar-refractivity contribution < 1.29 is 38.0 Å². The van der Waals surface area contributed by atoms with Gasteiger partial charge in [0.25, 0.3) is 0 Å². The SMILES string of the molecule is CCCCCCCC/C=C/C/C=C/C=C/C(O)CCCC(=O)N[C@@H](COP(=O)(O)OCC[N+](C)(C)C)[C@H](O)/C=C/CCCCCCCCCCC. The van der Waals surface area contributed by atoms with Crippen LogP contribution in [0.15, 0.2) is 48.6 Å². The first kappa shape index (κ1) is 49.4. The van der Waals surface area contributed by atoms with Crippen molar-refractivity contribution in [2.45, 2.75) is 167 Å². The Morgan fingerprint density at radius 3 is 1.88 bits per heavy atom. The Labute approximate surface area is 312 Å². The number of quaternary nitrogens is 1. The first-order valence-electron chi connectivity index (χ1n) is 20.1. The zero-order valence-electron chi connectivity index (χ0n) is 33.2. The minimum atomic E-state index is -4.38. The van der Waals surface area contributed by atoms with Gasteiger partial charge in [-0.2, -0.15) is 0 Å². The van der Waals surface area contributed by atoms with Crippen molar-refractivity contribution in [2.75, 3.05) is 40.9 Å². The van der Waals surface area contributed by atoms with Crippen molar-refractivity contribution >= 4 is 13.7 Å². The standard InChI is InChI=1S/C41H77N2O7P/c1-6-8-10-12-14-16-18-19-21-22-24-26-28-31-38(44)32-30-34-41(46)42-39(37-50-51(47,48)49-36-35-43(3,4)5)40(45)33-29-27-25-23-20-17-15-13-11-9-7-2/h19,21,24,26,28-29,31,33,38-40,44-45H,6-18,20,22-23,25,27,30,32,34-37H2,1-5H3,(H-,42,46,47,48)/p+1/b21-19+,26-24+,31-28+,33-29+/t38?,39-,40+/m0/s1. The average Bonchev–Trinajstić information content (AvgIpc) is 3.06. The van der Waals surface area contributed by atoms with Crippen LogP contribution in [0.1, 0.15) is 149 Å². The summed E-state index contributed by atoms with van der Waals surface area (Å²) in [7, 11) is 1.45. The molecule has 9 nitrogen and oxygen atoms in total. The Kier molecular flexibility index (Phi) is 32.0. The number of nitrogens with one attached hydrogen (secondary N) is 1. The summed E-state index contributed by atoms with van der Waals surface area (Å²) in [6.07, 6.45) is 36.3. The fourth-order valence-electron chi connectivity index (χ4n) is 5.34. The minimum Gasteiger partial charge on any atom is -0.389 e. The second-order valence-electron chi connectivity index (χ2n) is 14.9. The van der Waals surface area contributed by atoms with Gasteiger partial charge in [-0.15, -0.1) is 0 Å². The molecule has 51 heavy (non-hydrogen) atoms. The molecule has 4 N–H and O–H groups in total. The molecule has 0 aromatic carbocycles. The van der Waals surface area contributed by atoms with Crippen LogP contribution < -0.4 is 5.32 Å². The molecule has 0 saturated heterocycles. The highest BCUT2D eigenvalue weighted by molar-refractivity contribution is 7.47. The Morgan fingerprint density at radius 1 is 0.725 bits per heavy atom. The fraction of sp³-hybridized carbons (Fsp3) is 0.780. The van der Waals surface area contributed by atoms with Gasteiger partial charge in [-0.1, -0.05) is 146 Å². The summed E-state index contributed by atoms with van der Waals surface area (Å²) in [6.45, 7) is 4.61. The van der Waals surface area contributed by atoms with E-state index in [4.69, 9.17) is 9.05 Å². The number of carbonyl (C=O) groups excluding carboxylic acids is 1. The molecule has 0 aliphatic rings. The Hall–Kier alpha value is -1.58. The summed E-state index contributed by atoms with van der Waals surface area (Å²) in [4.78, 5) is 23.0. The zero-order valence-corrected chi connectivity index (χ0v) is 34.1. The molecule has 0 aliphatic heterocycles. The molecular formula is C41H78N2O7P+. The smallest absolute Gasteiger partial charge is 0.389 e. The third-order valence-corrected chi connectivity index (χ3v) is 9.63. The number of likely N-dealkylation sites (N-methyl/N-ethyl adjacent to an activating group) is 1. The van der Waals surface area contributed by atoms with Gasteiger partial charge in [0.05, 0.1) is 46.0 Å². The number of allylic oxidation sites excluding steroid dienone is 6. The van der Waals surface area contributed by atoms with E-state index in [0.29, 0.717) is 23.9 Å². The van der Waals surface area contributed by atoms with Gasteiger partial charge in [0.2, 0.25) is 5.91 Å². The number of phosphoric ester groups is 1. The van der Waals surface area contributed by atoms with E-state index < -0.39 is 26.1 Å². The van der Waals surface area contributed by atoms with Gasteiger partial charge >= 0.3 is 7.82 Å². The van der Waals surface area contributed by atoms with Crippen molar-refractivity contribution in [3.8, 4) is 0 Å². The molecule has 0 aromatic heterocycles. The third kappa shape index (κ3) is 35.2. The maximum absolute atomic E-state index is 12.8. The van der Waals surface area contributed by atoms with Gasteiger partial charge in [-0.05, 0) is 44.9 Å². The second kappa shape index (κ2) is 33.0. The number of amides is 1. The van der Waals surface area contributed by atoms with Gasteiger partial charge in [-0.25, -0.2) is 4.57 Å². The first-order valence-corrected chi connectivity index (χ1v) is 21.6. The molecule has 0 fully saturated rings. The fourth-order valence-corrected chi connectivity index (χ4v) is 6.08. The van der Waals surface area contributed by atoms with E-state index in [0.717, 1.165) is 32.1 Å². The monoisotopic (exact) mass is 742 g/mol. The molecule has 0 rings (SSSR count). The van der Waals surface area contributed by atoms with E-state index in [1.165, 1.54) is 83.5 Å². The number of aliphatic hydroxyl groups excluding tert-OH is 2. The van der Waals surface area contributed by atoms with Crippen LogP contribution in [0.2, 0.25) is 0 Å². The van der Waals surface area contributed by atoms with E-state index >= 15 is 0 Å². The van der Waals surface area contributed by atoms with Crippen LogP contribution in [0, 0.1) is 0 Å². The Morgan fingerprint density at radius 2 is 1.29 bits per heavy atom. The molecule has 0 spiro atoms. The first-order chi connectivity index (χ1) is 24.4.